The van der Waals surface area contributed by atoms with Crippen molar-refractivity contribution < 1.29 is 18.3 Å². The van der Waals surface area contributed by atoms with Crippen LogP contribution in [0.25, 0.3) is 0 Å². The van der Waals surface area contributed by atoms with Crippen molar-refractivity contribution in [3.8, 4) is 5.75 Å². The van der Waals surface area contributed by atoms with Crippen molar-refractivity contribution >= 4 is 5.78 Å². The zero-order valence-electron chi connectivity index (χ0n) is 11.4. The van der Waals surface area contributed by atoms with Gasteiger partial charge in [0.1, 0.15) is 5.75 Å². The molecule has 0 aromatic heterocycles. The Morgan fingerprint density at radius 3 is 3.00 bits per heavy atom. The van der Waals surface area contributed by atoms with Crippen LogP contribution >= 0.6 is 0 Å². The summed E-state index contributed by atoms with van der Waals surface area (Å²) in [5.74, 6) is 0.592. The summed E-state index contributed by atoms with van der Waals surface area (Å²) in [5.41, 5.74) is 0.420. The summed E-state index contributed by atoms with van der Waals surface area (Å²) in [6.07, 6.45) is 2.49. The SMILES string of the molecule is CC1CCNC(CC(=O)c2cccc(OC(F)F)c2)C1. The van der Waals surface area contributed by atoms with Crippen molar-refractivity contribution in [3.05, 3.63) is 29.8 Å². The molecule has 1 N–H and O–H groups in total. The number of ketones is 1. The summed E-state index contributed by atoms with van der Waals surface area (Å²) < 4.78 is 28.6. The smallest absolute Gasteiger partial charge is 0.387 e. The molecule has 2 rings (SSSR count). The summed E-state index contributed by atoms with van der Waals surface area (Å²) in [6, 6.07) is 6.16. The summed E-state index contributed by atoms with van der Waals surface area (Å²) in [5, 5.41) is 3.32. The number of piperidine rings is 1. The number of carbonyl (C=O) groups excluding carboxylic acids is 1. The van der Waals surface area contributed by atoms with E-state index in [2.05, 4.69) is 17.0 Å². The van der Waals surface area contributed by atoms with Crippen molar-refractivity contribution in [1.82, 2.24) is 5.32 Å². The van der Waals surface area contributed by atoms with Crippen LogP contribution in [0.5, 0.6) is 5.75 Å². The van der Waals surface area contributed by atoms with Gasteiger partial charge in [-0.3, -0.25) is 4.79 Å². The number of hydrogen-bond donors (Lipinski definition) is 1. The van der Waals surface area contributed by atoms with E-state index in [4.69, 9.17) is 0 Å². The minimum absolute atomic E-state index is 0.0239. The van der Waals surface area contributed by atoms with Gasteiger partial charge < -0.3 is 10.1 Å². The third-order valence-electron chi connectivity index (χ3n) is 3.57. The van der Waals surface area contributed by atoms with Gasteiger partial charge in [-0.25, -0.2) is 0 Å². The number of nitrogens with one attached hydrogen (secondary N) is 1. The summed E-state index contributed by atoms with van der Waals surface area (Å²) in [6.45, 7) is 0.226. The van der Waals surface area contributed by atoms with Gasteiger partial charge >= 0.3 is 6.61 Å². The van der Waals surface area contributed by atoms with Crippen LogP contribution in [0, 0.1) is 5.92 Å². The Kier molecular flexibility index (Phi) is 5.06. The topological polar surface area (TPSA) is 38.3 Å². The predicted molar refractivity (Wildman–Crippen MR) is 72.2 cm³/mol. The molecule has 1 aliphatic heterocycles. The predicted octanol–water partition coefficient (Wildman–Crippen LogP) is 3.25. The van der Waals surface area contributed by atoms with Crippen LogP contribution in [-0.4, -0.2) is 25.0 Å². The Hall–Kier alpha value is -1.49. The molecule has 20 heavy (non-hydrogen) atoms. The third-order valence-corrected chi connectivity index (χ3v) is 3.57. The molecule has 1 aromatic carbocycles. The highest BCUT2D eigenvalue weighted by molar-refractivity contribution is 5.96. The van der Waals surface area contributed by atoms with Gasteiger partial charge in [0, 0.05) is 18.0 Å². The van der Waals surface area contributed by atoms with Gasteiger partial charge in [0.25, 0.3) is 0 Å². The normalized spacial score (nSPS) is 22.8. The van der Waals surface area contributed by atoms with E-state index in [-0.39, 0.29) is 17.6 Å². The standard InChI is InChI=1S/C15H19F2NO2/c1-10-5-6-18-12(7-10)9-14(19)11-3-2-4-13(8-11)20-15(16)17/h2-4,8,10,12,15,18H,5-7,9H2,1H3. The fourth-order valence-corrected chi connectivity index (χ4v) is 2.56. The molecule has 1 aromatic rings. The Morgan fingerprint density at radius 1 is 1.50 bits per heavy atom. The maximum Gasteiger partial charge on any atom is 0.387 e. The van der Waals surface area contributed by atoms with Gasteiger partial charge in [0.2, 0.25) is 0 Å². The van der Waals surface area contributed by atoms with Crippen molar-refractivity contribution in [2.45, 2.75) is 38.8 Å². The maximum absolute atomic E-state index is 12.2. The molecule has 0 bridgehead atoms. The average Bonchev–Trinajstić information content (AvgIpc) is 2.38. The second-order valence-electron chi connectivity index (χ2n) is 5.31. The molecule has 110 valence electrons. The lowest BCUT2D eigenvalue weighted by Crippen LogP contribution is -2.38. The fraction of sp³-hybridized carbons (Fsp3) is 0.533. The van der Waals surface area contributed by atoms with Gasteiger partial charge in [-0.1, -0.05) is 19.1 Å². The number of carbonyl (C=O) groups is 1. The Balaban J connectivity index is 1.98. The molecule has 1 aliphatic rings. The maximum atomic E-state index is 12.2. The van der Waals surface area contributed by atoms with E-state index in [1.165, 1.54) is 12.1 Å². The van der Waals surface area contributed by atoms with Crippen LogP contribution in [-0.2, 0) is 0 Å². The number of ether oxygens (including phenoxy) is 1. The number of benzene rings is 1. The number of halogens is 2. The van der Waals surface area contributed by atoms with Gasteiger partial charge in [0.15, 0.2) is 5.78 Å². The fourth-order valence-electron chi connectivity index (χ4n) is 2.56. The number of Topliss-reactive ketones (excluding diaryl/α,β-unsaturated/α-hetero) is 1. The first-order valence-corrected chi connectivity index (χ1v) is 6.86. The van der Waals surface area contributed by atoms with Gasteiger partial charge in [0.05, 0.1) is 0 Å². The van der Waals surface area contributed by atoms with Gasteiger partial charge in [-0.2, -0.15) is 8.78 Å². The van der Waals surface area contributed by atoms with E-state index < -0.39 is 6.61 Å². The molecule has 0 aliphatic carbocycles. The highest BCUT2D eigenvalue weighted by atomic mass is 19.3. The first kappa shape index (κ1) is 14.9. The number of rotatable bonds is 5. The van der Waals surface area contributed by atoms with Crippen molar-refractivity contribution in [3.63, 3.8) is 0 Å². The summed E-state index contributed by atoms with van der Waals surface area (Å²) in [4.78, 5) is 12.2. The van der Waals surface area contributed by atoms with Crippen molar-refractivity contribution in [2.24, 2.45) is 5.92 Å². The number of alkyl halides is 2. The molecule has 5 heteroatoms. The van der Waals surface area contributed by atoms with Gasteiger partial charge in [-0.05, 0) is 37.4 Å². The van der Waals surface area contributed by atoms with E-state index in [0.29, 0.717) is 17.9 Å². The molecule has 1 saturated heterocycles. The summed E-state index contributed by atoms with van der Waals surface area (Å²) >= 11 is 0. The Bertz CT molecular complexity index is 465. The highest BCUT2D eigenvalue weighted by Gasteiger charge is 2.21. The van der Waals surface area contributed by atoms with Crippen LogP contribution in [0.1, 0.15) is 36.5 Å². The molecule has 1 heterocycles. The van der Waals surface area contributed by atoms with Crippen LogP contribution in [0.3, 0.4) is 0 Å². The summed E-state index contributed by atoms with van der Waals surface area (Å²) in [7, 11) is 0. The molecule has 0 spiro atoms. The first-order valence-electron chi connectivity index (χ1n) is 6.86. The molecular formula is C15H19F2NO2. The van der Waals surface area contributed by atoms with Crippen molar-refractivity contribution in [2.75, 3.05) is 6.54 Å². The number of hydrogen-bond acceptors (Lipinski definition) is 3. The van der Waals surface area contributed by atoms with E-state index >= 15 is 0 Å². The average molecular weight is 283 g/mol. The highest BCUT2D eigenvalue weighted by Crippen LogP contribution is 2.21. The van der Waals surface area contributed by atoms with E-state index in [0.717, 1.165) is 19.4 Å². The third kappa shape index (κ3) is 4.27. The van der Waals surface area contributed by atoms with E-state index in [1.807, 2.05) is 0 Å². The second-order valence-corrected chi connectivity index (χ2v) is 5.31. The van der Waals surface area contributed by atoms with Crippen LogP contribution in [0.15, 0.2) is 24.3 Å². The monoisotopic (exact) mass is 283 g/mol. The minimum atomic E-state index is -2.87. The van der Waals surface area contributed by atoms with Gasteiger partial charge in [-0.15, -0.1) is 0 Å². The first-order chi connectivity index (χ1) is 9.54. The molecule has 2 atom stereocenters. The van der Waals surface area contributed by atoms with E-state index in [1.54, 1.807) is 12.1 Å². The molecule has 2 unspecified atom stereocenters. The van der Waals surface area contributed by atoms with Crippen LogP contribution in [0.2, 0.25) is 0 Å². The molecule has 1 fully saturated rings. The molecule has 0 amide bonds. The van der Waals surface area contributed by atoms with Crippen LogP contribution in [0.4, 0.5) is 8.78 Å². The minimum Gasteiger partial charge on any atom is -0.435 e. The Morgan fingerprint density at radius 2 is 2.30 bits per heavy atom. The lowest BCUT2D eigenvalue weighted by Gasteiger charge is -2.27. The zero-order chi connectivity index (χ0) is 14.5. The molecule has 0 radical (unpaired) electrons. The Labute approximate surface area is 117 Å². The quantitative estimate of drug-likeness (QED) is 0.843. The molecule has 0 saturated carbocycles. The van der Waals surface area contributed by atoms with E-state index in [9.17, 15) is 13.6 Å². The molecular weight excluding hydrogens is 264 g/mol. The second kappa shape index (κ2) is 6.79. The zero-order valence-corrected chi connectivity index (χ0v) is 11.4. The molecule has 3 nitrogen and oxygen atoms in total. The lowest BCUT2D eigenvalue weighted by atomic mass is 9.90. The van der Waals surface area contributed by atoms with Crippen molar-refractivity contribution in [1.29, 1.82) is 0 Å². The van der Waals surface area contributed by atoms with Crippen LogP contribution < -0.4 is 10.1 Å². The largest absolute Gasteiger partial charge is 0.435 e. The lowest BCUT2D eigenvalue weighted by molar-refractivity contribution is -0.0498.